The van der Waals surface area contributed by atoms with Crippen molar-refractivity contribution >= 4 is 38.6 Å². The summed E-state index contributed by atoms with van der Waals surface area (Å²) < 4.78 is 0. The van der Waals surface area contributed by atoms with Crippen molar-refractivity contribution in [3.8, 4) is 55.6 Å². The summed E-state index contributed by atoms with van der Waals surface area (Å²) in [6.07, 6.45) is 0. The van der Waals surface area contributed by atoms with Gasteiger partial charge in [-0.3, -0.25) is 0 Å². The Labute approximate surface area is 352 Å². The van der Waals surface area contributed by atoms with E-state index in [0.717, 1.165) is 17.1 Å². The van der Waals surface area contributed by atoms with E-state index in [1.165, 1.54) is 88.3 Å². The minimum atomic E-state index is -0.0779. The number of benzene rings is 10. The molecule has 10 aromatic carbocycles. The molecule has 284 valence electrons. The molecule has 60 heavy (non-hydrogen) atoms. The minimum Gasteiger partial charge on any atom is -0.309 e. The first-order chi connectivity index (χ1) is 29.5. The minimum absolute atomic E-state index is 0.0779. The van der Waals surface area contributed by atoms with Gasteiger partial charge in [-0.2, -0.15) is 0 Å². The summed E-state index contributed by atoms with van der Waals surface area (Å²) in [6, 6.07) is 82.3. The third-order valence-corrected chi connectivity index (χ3v) is 12.7. The van der Waals surface area contributed by atoms with E-state index in [-0.39, 0.29) is 5.41 Å². The molecule has 0 aliphatic heterocycles. The molecule has 0 aromatic heterocycles. The van der Waals surface area contributed by atoms with Gasteiger partial charge >= 0.3 is 0 Å². The van der Waals surface area contributed by atoms with Crippen LogP contribution in [0, 0.1) is 0 Å². The third-order valence-electron chi connectivity index (χ3n) is 12.7. The molecule has 1 aliphatic rings. The van der Waals surface area contributed by atoms with Crippen molar-refractivity contribution in [3.63, 3.8) is 0 Å². The Morgan fingerprint density at radius 1 is 0.317 bits per heavy atom. The monoisotopic (exact) mass is 765 g/mol. The maximum atomic E-state index is 2.44. The highest BCUT2D eigenvalue weighted by atomic mass is 15.1. The van der Waals surface area contributed by atoms with Crippen molar-refractivity contribution in [2.75, 3.05) is 4.90 Å². The van der Waals surface area contributed by atoms with Crippen LogP contribution >= 0.6 is 0 Å². The molecule has 0 radical (unpaired) electrons. The van der Waals surface area contributed by atoms with Crippen molar-refractivity contribution in [3.05, 3.63) is 236 Å². The zero-order chi connectivity index (χ0) is 40.2. The van der Waals surface area contributed by atoms with E-state index in [9.17, 15) is 0 Å². The maximum absolute atomic E-state index is 2.44. The molecule has 0 spiro atoms. The first kappa shape index (κ1) is 35.7. The molecular weight excluding hydrogens is 723 g/mol. The average Bonchev–Trinajstić information content (AvgIpc) is 3.55. The molecule has 0 fully saturated rings. The van der Waals surface area contributed by atoms with Gasteiger partial charge < -0.3 is 4.90 Å². The highest BCUT2D eigenvalue weighted by molar-refractivity contribution is 6.09. The van der Waals surface area contributed by atoms with E-state index in [4.69, 9.17) is 0 Å². The molecule has 0 saturated heterocycles. The summed E-state index contributed by atoms with van der Waals surface area (Å²) in [5, 5.41) is 4.86. The fourth-order valence-electron chi connectivity index (χ4n) is 9.76. The number of anilines is 3. The number of nitrogens with zero attached hydrogens (tertiary/aromatic N) is 1. The van der Waals surface area contributed by atoms with Crippen LogP contribution in [0.1, 0.15) is 25.0 Å². The van der Waals surface area contributed by atoms with Gasteiger partial charge in [0.1, 0.15) is 0 Å². The van der Waals surface area contributed by atoms with Crippen LogP contribution in [-0.2, 0) is 5.41 Å². The highest BCUT2D eigenvalue weighted by Crippen LogP contribution is 2.53. The molecule has 0 bridgehead atoms. The molecule has 0 amide bonds. The zero-order valence-corrected chi connectivity index (χ0v) is 33.8. The van der Waals surface area contributed by atoms with Crippen LogP contribution in [0.15, 0.2) is 224 Å². The first-order valence-electron chi connectivity index (χ1n) is 20.9. The lowest BCUT2D eigenvalue weighted by molar-refractivity contribution is 0.660. The smallest absolute Gasteiger partial charge is 0.0540 e. The van der Waals surface area contributed by atoms with Gasteiger partial charge in [0, 0.05) is 21.9 Å². The largest absolute Gasteiger partial charge is 0.309 e. The fraction of sp³-hybridized carbons (Fsp3) is 0.0508. The Hall–Kier alpha value is -7.48. The normalized spacial score (nSPS) is 12.6. The predicted molar refractivity (Wildman–Crippen MR) is 255 cm³/mol. The van der Waals surface area contributed by atoms with Crippen molar-refractivity contribution in [1.82, 2.24) is 0 Å². The van der Waals surface area contributed by atoms with Crippen LogP contribution in [-0.4, -0.2) is 0 Å². The Morgan fingerprint density at radius 2 is 0.867 bits per heavy atom. The molecule has 0 heterocycles. The molecule has 0 unspecified atom stereocenters. The lowest BCUT2D eigenvalue weighted by Crippen LogP contribution is -2.14. The first-order valence-corrected chi connectivity index (χ1v) is 20.9. The SMILES string of the molecule is CC1(C)c2ccccc2-c2c(-c3cc(-c4ccc(N(c5cccc6ccccc56)c5ccc(-c6ccccc6)c6ccccc56)cc4)ccc3-c3ccccc3)cccc21. The van der Waals surface area contributed by atoms with Gasteiger partial charge in [0.05, 0.1) is 11.4 Å². The Balaban J connectivity index is 1.07. The van der Waals surface area contributed by atoms with Crippen LogP contribution in [0.5, 0.6) is 0 Å². The van der Waals surface area contributed by atoms with Gasteiger partial charge in [0.15, 0.2) is 0 Å². The topological polar surface area (TPSA) is 3.24 Å². The third kappa shape index (κ3) is 5.85. The van der Waals surface area contributed by atoms with Crippen molar-refractivity contribution in [2.24, 2.45) is 0 Å². The number of hydrogen-bond acceptors (Lipinski definition) is 1. The molecule has 0 atom stereocenters. The van der Waals surface area contributed by atoms with Crippen LogP contribution in [0.4, 0.5) is 17.1 Å². The Morgan fingerprint density at radius 3 is 1.65 bits per heavy atom. The standard InChI is InChI=1S/C59H43N/c1-59(2)54-28-14-13-26-52(54)58-51(27-16-29-55(58)59)53-39-44(33-36-47(53)42-19-7-4-8-20-42)40-31-34-45(35-32-40)60(56-30-15-22-43-21-9-10-23-48(43)56)57-38-37-46(41-17-5-3-6-18-41)49-24-11-12-25-50(49)57/h3-39H,1-2H3. The second-order valence-electron chi connectivity index (χ2n) is 16.4. The van der Waals surface area contributed by atoms with Crippen molar-refractivity contribution in [2.45, 2.75) is 19.3 Å². The molecule has 0 N–H and O–H groups in total. The van der Waals surface area contributed by atoms with Gasteiger partial charge in [-0.05, 0) is 108 Å². The molecule has 1 nitrogen and oxygen atoms in total. The van der Waals surface area contributed by atoms with E-state index in [2.05, 4.69) is 243 Å². The van der Waals surface area contributed by atoms with Crippen LogP contribution < -0.4 is 4.90 Å². The van der Waals surface area contributed by atoms with Gasteiger partial charge in [0.2, 0.25) is 0 Å². The number of fused-ring (bicyclic) bond motifs is 5. The summed E-state index contributed by atoms with van der Waals surface area (Å²) in [5.41, 5.74) is 18.5. The van der Waals surface area contributed by atoms with Crippen molar-refractivity contribution < 1.29 is 0 Å². The second kappa shape index (κ2) is 14.4. The van der Waals surface area contributed by atoms with Gasteiger partial charge in [-0.15, -0.1) is 0 Å². The van der Waals surface area contributed by atoms with E-state index in [1.54, 1.807) is 0 Å². The number of hydrogen-bond donors (Lipinski definition) is 0. The molecular formula is C59H43N. The Bertz CT molecular complexity index is 3210. The molecule has 1 aliphatic carbocycles. The van der Waals surface area contributed by atoms with Crippen molar-refractivity contribution in [1.29, 1.82) is 0 Å². The quantitative estimate of drug-likeness (QED) is 0.156. The van der Waals surface area contributed by atoms with Gasteiger partial charge in [-0.1, -0.05) is 208 Å². The van der Waals surface area contributed by atoms with Gasteiger partial charge in [-0.25, -0.2) is 0 Å². The summed E-state index contributed by atoms with van der Waals surface area (Å²) >= 11 is 0. The Kier molecular flexibility index (Phi) is 8.57. The molecule has 10 aromatic rings. The molecule has 0 saturated carbocycles. The lowest BCUT2D eigenvalue weighted by atomic mass is 9.81. The molecule has 11 rings (SSSR count). The van der Waals surface area contributed by atoms with E-state index >= 15 is 0 Å². The van der Waals surface area contributed by atoms with E-state index in [1.807, 2.05) is 0 Å². The lowest BCUT2D eigenvalue weighted by Gasteiger charge is -2.29. The van der Waals surface area contributed by atoms with Crippen LogP contribution in [0.3, 0.4) is 0 Å². The fourth-order valence-corrected chi connectivity index (χ4v) is 9.76. The maximum Gasteiger partial charge on any atom is 0.0540 e. The zero-order valence-electron chi connectivity index (χ0n) is 33.8. The summed E-state index contributed by atoms with van der Waals surface area (Å²) in [7, 11) is 0. The summed E-state index contributed by atoms with van der Waals surface area (Å²) in [4.78, 5) is 2.44. The second-order valence-corrected chi connectivity index (χ2v) is 16.4. The average molecular weight is 766 g/mol. The van der Waals surface area contributed by atoms with E-state index in [0.29, 0.717) is 0 Å². The van der Waals surface area contributed by atoms with Gasteiger partial charge in [0.25, 0.3) is 0 Å². The summed E-state index contributed by atoms with van der Waals surface area (Å²) in [5.74, 6) is 0. The van der Waals surface area contributed by atoms with E-state index < -0.39 is 0 Å². The van der Waals surface area contributed by atoms with Crippen LogP contribution in [0.25, 0.3) is 77.2 Å². The van der Waals surface area contributed by atoms with Crippen LogP contribution in [0.2, 0.25) is 0 Å². The highest BCUT2D eigenvalue weighted by Gasteiger charge is 2.36. The summed E-state index contributed by atoms with van der Waals surface area (Å²) in [6.45, 7) is 4.72. The number of rotatable bonds is 7. The molecule has 1 heteroatoms. The predicted octanol–water partition coefficient (Wildman–Crippen LogP) is 16.4.